The van der Waals surface area contributed by atoms with E-state index in [4.69, 9.17) is 0 Å². The SMILES string of the molecule is CCC(C)(C)C(=O)NCC[N+](C)(C)CCCCS(=O)(=O)[O-]. The van der Waals surface area contributed by atoms with E-state index in [0.29, 0.717) is 23.9 Å². The minimum atomic E-state index is -4.10. The number of carbonyl (C=O) groups is 1. The molecule has 0 unspecified atom stereocenters. The van der Waals surface area contributed by atoms with Crippen LogP contribution in [0.15, 0.2) is 0 Å². The average molecular weight is 322 g/mol. The first-order chi connectivity index (χ1) is 9.40. The Morgan fingerprint density at radius 2 is 1.76 bits per heavy atom. The summed E-state index contributed by atoms with van der Waals surface area (Å²) in [4.78, 5) is 11.9. The minimum Gasteiger partial charge on any atom is -0.748 e. The lowest BCUT2D eigenvalue weighted by atomic mass is 9.89. The summed E-state index contributed by atoms with van der Waals surface area (Å²) in [5.41, 5.74) is -0.348. The van der Waals surface area contributed by atoms with Gasteiger partial charge in [0.1, 0.15) is 0 Å². The Morgan fingerprint density at radius 1 is 1.19 bits per heavy atom. The van der Waals surface area contributed by atoms with Crippen molar-refractivity contribution < 1.29 is 22.2 Å². The molecule has 0 aliphatic heterocycles. The highest BCUT2D eigenvalue weighted by Crippen LogP contribution is 2.19. The molecular formula is C14H30N2O4S. The predicted molar refractivity (Wildman–Crippen MR) is 82.7 cm³/mol. The Morgan fingerprint density at radius 3 is 2.24 bits per heavy atom. The lowest BCUT2D eigenvalue weighted by Gasteiger charge is -2.31. The van der Waals surface area contributed by atoms with Gasteiger partial charge < -0.3 is 14.4 Å². The van der Waals surface area contributed by atoms with Gasteiger partial charge in [0.15, 0.2) is 0 Å². The third kappa shape index (κ3) is 9.82. The topological polar surface area (TPSA) is 86.3 Å². The van der Waals surface area contributed by atoms with Gasteiger partial charge >= 0.3 is 0 Å². The van der Waals surface area contributed by atoms with Gasteiger partial charge in [-0.1, -0.05) is 20.8 Å². The first-order valence-corrected chi connectivity index (χ1v) is 9.01. The van der Waals surface area contributed by atoms with Crippen LogP contribution in [0.1, 0.15) is 40.0 Å². The lowest BCUT2D eigenvalue weighted by molar-refractivity contribution is -0.889. The molecule has 0 aromatic heterocycles. The minimum absolute atomic E-state index is 0.0578. The third-order valence-corrected chi connectivity index (χ3v) is 4.70. The van der Waals surface area contributed by atoms with Crippen LogP contribution in [0, 0.1) is 5.41 Å². The Labute approximate surface area is 129 Å². The summed E-state index contributed by atoms with van der Waals surface area (Å²) >= 11 is 0. The summed E-state index contributed by atoms with van der Waals surface area (Å²) in [6.45, 7) is 7.98. The molecule has 0 radical (unpaired) electrons. The summed E-state index contributed by atoms with van der Waals surface area (Å²) in [6.07, 6.45) is 1.87. The largest absolute Gasteiger partial charge is 0.748 e. The van der Waals surface area contributed by atoms with Crippen molar-refractivity contribution in [2.24, 2.45) is 5.41 Å². The second-order valence-corrected chi connectivity index (χ2v) is 8.37. The second-order valence-electron chi connectivity index (χ2n) is 6.85. The molecule has 0 aromatic rings. The van der Waals surface area contributed by atoms with Gasteiger partial charge in [-0.25, -0.2) is 8.42 Å². The van der Waals surface area contributed by atoms with Crippen molar-refractivity contribution in [3.05, 3.63) is 0 Å². The van der Waals surface area contributed by atoms with Crippen LogP contribution >= 0.6 is 0 Å². The van der Waals surface area contributed by atoms with Gasteiger partial charge in [0, 0.05) is 11.2 Å². The number of quaternary nitrogens is 1. The molecule has 7 heteroatoms. The fourth-order valence-electron chi connectivity index (χ4n) is 1.80. The average Bonchev–Trinajstić information content (AvgIpc) is 2.33. The molecule has 0 spiro atoms. The van der Waals surface area contributed by atoms with E-state index in [-0.39, 0.29) is 17.1 Å². The zero-order chi connectivity index (χ0) is 16.7. The highest BCUT2D eigenvalue weighted by molar-refractivity contribution is 7.85. The Bertz CT molecular complexity index is 430. The maximum Gasteiger partial charge on any atom is 0.225 e. The van der Waals surface area contributed by atoms with Crippen molar-refractivity contribution >= 4 is 16.0 Å². The van der Waals surface area contributed by atoms with Crippen LogP contribution in [0.3, 0.4) is 0 Å². The van der Waals surface area contributed by atoms with Gasteiger partial charge in [0.2, 0.25) is 5.91 Å². The first-order valence-electron chi connectivity index (χ1n) is 7.43. The molecule has 0 saturated heterocycles. The second kappa shape index (κ2) is 8.10. The number of rotatable bonds is 10. The summed E-state index contributed by atoms with van der Waals surface area (Å²) in [5, 5.41) is 2.94. The molecule has 0 aliphatic carbocycles. The maximum atomic E-state index is 11.9. The number of likely N-dealkylation sites (N-methyl/N-ethyl adjacent to an activating group) is 1. The van der Waals surface area contributed by atoms with Gasteiger partial charge in [-0.05, 0) is 19.3 Å². The van der Waals surface area contributed by atoms with E-state index in [1.165, 1.54) is 0 Å². The number of amides is 1. The maximum absolute atomic E-state index is 11.9. The molecule has 21 heavy (non-hydrogen) atoms. The van der Waals surface area contributed by atoms with Gasteiger partial charge in [0.25, 0.3) is 0 Å². The van der Waals surface area contributed by atoms with E-state index in [1.807, 2.05) is 34.9 Å². The van der Waals surface area contributed by atoms with E-state index in [0.717, 1.165) is 19.5 Å². The van der Waals surface area contributed by atoms with Crippen molar-refractivity contribution in [3.8, 4) is 0 Å². The zero-order valence-corrected chi connectivity index (χ0v) is 14.8. The first kappa shape index (κ1) is 20.3. The molecule has 0 heterocycles. The number of hydrogen-bond acceptors (Lipinski definition) is 4. The Balaban J connectivity index is 4.00. The van der Waals surface area contributed by atoms with Crippen LogP contribution in [-0.2, 0) is 14.9 Å². The lowest BCUT2D eigenvalue weighted by Crippen LogP contribution is -2.47. The Hall–Kier alpha value is -0.660. The van der Waals surface area contributed by atoms with E-state index in [1.54, 1.807) is 0 Å². The summed E-state index contributed by atoms with van der Waals surface area (Å²) in [6, 6.07) is 0. The van der Waals surface area contributed by atoms with E-state index in [2.05, 4.69) is 5.32 Å². The highest BCUT2D eigenvalue weighted by atomic mass is 32.2. The van der Waals surface area contributed by atoms with Gasteiger partial charge in [-0.3, -0.25) is 4.79 Å². The normalized spacial score (nSPS) is 13.2. The molecule has 0 aromatic carbocycles. The van der Waals surface area contributed by atoms with Gasteiger partial charge in [-0.2, -0.15) is 0 Å². The molecule has 126 valence electrons. The number of hydrogen-bond donors (Lipinski definition) is 1. The highest BCUT2D eigenvalue weighted by Gasteiger charge is 2.25. The number of unbranched alkanes of at least 4 members (excludes halogenated alkanes) is 1. The van der Waals surface area contributed by atoms with Crippen LogP contribution < -0.4 is 5.32 Å². The van der Waals surface area contributed by atoms with Crippen molar-refractivity contribution in [3.63, 3.8) is 0 Å². The van der Waals surface area contributed by atoms with Crippen LogP contribution in [0.2, 0.25) is 0 Å². The van der Waals surface area contributed by atoms with Crippen molar-refractivity contribution in [2.75, 3.05) is 39.5 Å². The van der Waals surface area contributed by atoms with Crippen LogP contribution in [0.25, 0.3) is 0 Å². The zero-order valence-electron chi connectivity index (χ0n) is 13.9. The number of nitrogens with zero attached hydrogens (tertiary/aromatic N) is 1. The molecule has 0 aliphatic rings. The molecule has 6 nitrogen and oxygen atoms in total. The molecule has 0 rings (SSSR count). The van der Waals surface area contributed by atoms with E-state index >= 15 is 0 Å². The van der Waals surface area contributed by atoms with Crippen molar-refractivity contribution in [1.29, 1.82) is 0 Å². The molecule has 0 atom stereocenters. The monoisotopic (exact) mass is 322 g/mol. The number of carbonyl (C=O) groups excluding carboxylic acids is 1. The van der Waals surface area contributed by atoms with E-state index in [9.17, 15) is 17.8 Å². The Kier molecular flexibility index (Phi) is 7.84. The summed E-state index contributed by atoms with van der Waals surface area (Å²) in [5.74, 6) is -0.239. The van der Waals surface area contributed by atoms with Crippen LogP contribution in [0.4, 0.5) is 0 Å². The molecule has 1 N–H and O–H groups in total. The molecule has 0 bridgehead atoms. The summed E-state index contributed by atoms with van der Waals surface area (Å²) < 4.78 is 32.2. The summed E-state index contributed by atoms with van der Waals surface area (Å²) in [7, 11) is -0.0422. The van der Waals surface area contributed by atoms with Crippen LogP contribution in [0.5, 0.6) is 0 Å². The molecular weight excluding hydrogens is 292 g/mol. The predicted octanol–water partition coefficient (Wildman–Crippen LogP) is 0.941. The fraction of sp³-hybridized carbons (Fsp3) is 0.929. The van der Waals surface area contributed by atoms with E-state index < -0.39 is 10.1 Å². The standard InChI is InChI=1S/C14H30N2O4S/c1-6-14(2,3)13(17)15-9-11-16(4,5)10-7-8-12-21(18,19)20/h6-12H2,1-5H3,(H-,15,17,18,19,20). The molecule has 0 saturated carbocycles. The molecule has 0 fully saturated rings. The molecule has 1 amide bonds. The quantitative estimate of drug-likeness (QED) is 0.368. The fourth-order valence-corrected chi connectivity index (χ4v) is 2.36. The van der Waals surface area contributed by atoms with Crippen LogP contribution in [-0.4, -0.2) is 62.8 Å². The van der Waals surface area contributed by atoms with Crippen molar-refractivity contribution in [1.82, 2.24) is 5.32 Å². The van der Waals surface area contributed by atoms with Gasteiger partial charge in [-0.15, -0.1) is 0 Å². The third-order valence-electron chi connectivity index (χ3n) is 3.91. The smallest absolute Gasteiger partial charge is 0.225 e. The van der Waals surface area contributed by atoms with Crippen molar-refractivity contribution in [2.45, 2.75) is 40.0 Å². The number of nitrogens with one attached hydrogen (secondary N) is 1. The van der Waals surface area contributed by atoms with Gasteiger partial charge in [0.05, 0.1) is 43.8 Å².